The van der Waals surface area contributed by atoms with E-state index in [-0.39, 0.29) is 12.5 Å². The summed E-state index contributed by atoms with van der Waals surface area (Å²) in [5.41, 5.74) is 7.17. The summed E-state index contributed by atoms with van der Waals surface area (Å²) in [6.07, 6.45) is 0.639. The predicted molar refractivity (Wildman–Crippen MR) is 89.1 cm³/mol. The van der Waals surface area contributed by atoms with Crippen molar-refractivity contribution in [1.82, 2.24) is 10.9 Å². The second kappa shape index (κ2) is 8.48. The normalized spacial score (nSPS) is 9.78. The van der Waals surface area contributed by atoms with Gasteiger partial charge in [-0.2, -0.15) is 0 Å². The largest absolute Gasteiger partial charge is 0.497 e. The second-order valence-corrected chi connectivity index (χ2v) is 4.90. The van der Waals surface area contributed by atoms with Crippen molar-refractivity contribution in [2.75, 3.05) is 13.7 Å². The molecule has 0 bridgehead atoms. The fourth-order valence-corrected chi connectivity index (χ4v) is 1.90. The number of ether oxygens (including phenoxy) is 2. The number of hydrazine groups is 1. The molecule has 0 spiro atoms. The summed E-state index contributed by atoms with van der Waals surface area (Å²) in [6, 6.07) is 16.9. The van der Waals surface area contributed by atoms with E-state index in [0.29, 0.717) is 17.9 Å². The third-order valence-electron chi connectivity index (χ3n) is 3.07. The van der Waals surface area contributed by atoms with E-state index in [1.807, 2.05) is 30.3 Å². The smallest absolute Gasteiger partial charge is 0.276 e. The van der Waals surface area contributed by atoms with Crippen molar-refractivity contribution >= 4 is 5.91 Å². The van der Waals surface area contributed by atoms with Crippen LogP contribution in [0, 0.1) is 0 Å². The molecule has 2 rings (SSSR count). The number of hydrogen-bond donors (Lipinski definition) is 2. The Morgan fingerprint density at radius 3 is 2.30 bits per heavy atom. The van der Waals surface area contributed by atoms with Gasteiger partial charge in [0.2, 0.25) is 0 Å². The van der Waals surface area contributed by atoms with Crippen LogP contribution in [-0.4, -0.2) is 19.6 Å². The Bertz CT molecular complexity index is 639. The molecular weight excluding hydrogens is 292 g/mol. The molecule has 2 aromatic carbocycles. The van der Waals surface area contributed by atoms with Gasteiger partial charge < -0.3 is 14.9 Å². The minimum atomic E-state index is -0.282. The van der Waals surface area contributed by atoms with Crippen LogP contribution in [0.2, 0.25) is 0 Å². The van der Waals surface area contributed by atoms with Gasteiger partial charge in [0, 0.05) is 12.1 Å². The number of allylic oxidation sites excluding steroid dienone is 1. The lowest BCUT2D eigenvalue weighted by Gasteiger charge is -2.12. The number of carbonyl (C=O) groups excluding carboxylic acids is 1. The molecule has 0 saturated carbocycles. The quantitative estimate of drug-likeness (QED) is 0.735. The summed E-state index contributed by atoms with van der Waals surface area (Å²) >= 11 is 0. The average Bonchev–Trinajstić information content (AvgIpc) is 2.59. The summed E-state index contributed by atoms with van der Waals surface area (Å²) < 4.78 is 10.4. The van der Waals surface area contributed by atoms with Gasteiger partial charge in [-0.15, -0.1) is 0 Å². The molecule has 0 saturated heterocycles. The molecule has 0 atom stereocenters. The highest BCUT2D eigenvalue weighted by atomic mass is 16.5. The number of rotatable bonds is 8. The summed E-state index contributed by atoms with van der Waals surface area (Å²) in [5.74, 6) is 1.06. The van der Waals surface area contributed by atoms with Crippen LogP contribution in [0.5, 0.6) is 11.5 Å². The van der Waals surface area contributed by atoms with Crippen molar-refractivity contribution in [1.29, 1.82) is 0 Å². The Balaban J connectivity index is 1.69. The predicted octanol–water partition coefficient (Wildman–Crippen LogP) is 2.45. The Kier molecular flexibility index (Phi) is 6.06. The van der Waals surface area contributed by atoms with E-state index >= 15 is 0 Å². The van der Waals surface area contributed by atoms with Crippen molar-refractivity contribution in [3.05, 3.63) is 72.4 Å². The van der Waals surface area contributed by atoms with Crippen LogP contribution >= 0.6 is 0 Å². The third kappa shape index (κ3) is 5.74. The molecule has 0 aliphatic rings. The molecule has 0 aromatic heterocycles. The minimum absolute atomic E-state index is 0.0854. The summed E-state index contributed by atoms with van der Waals surface area (Å²) in [7, 11) is 1.59. The van der Waals surface area contributed by atoms with E-state index in [1.165, 1.54) is 0 Å². The first-order chi connectivity index (χ1) is 11.2. The van der Waals surface area contributed by atoms with Gasteiger partial charge in [-0.1, -0.05) is 36.9 Å². The van der Waals surface area contributed by atoms with Crippen LogP contribution in [0.15, 0.2) is 66.9 Å². The first kappa shape index (κ1) is 16.4. The fraction of sp³-hybridized carbons (Fsp3) is 0.167. The second-order valence-electron chi connectivity index (χ2n) is 4.90. The molecule has 5 nitrogen and oxygen atoms in total. The fourth-order valence-electron chi connectivity index (χ4n) is 1.90. The van der Waals surface area contributed by atoms with Crippen LogP contribution < -0.4 is 20.3 Å². The summed E-state index contributed by atoms with van der Waals surface area (Å²) in [5, 5.41) is 0. The maximum Gasteiger partial charge on any atom is 0.276 e. The topological polar surface area (TPSA) is 59.6 Å². The molecule has 0 aliphatic carbocycles. The van der Waals surface area contributed by atoms with Gasteiger partial charge in [0.15, 0.2) is 6.61 Å². The number of amides is 1. The molecule has 0 aliphatic heterocycles. The number of hydrogen-bond acceptors (Lipinski definition) is 4. The highest BCUT2D eigenvalue weighted by Crippen LogP contribution is 2.16. The van der Waals surface area contributed by atoms with Gasteiger partial charge in [0.05, 0.1) is 7.11 Å². The van der Waals surface area contributed by atoms with Gasteiger partial charge >= 0.3 is 0 Å². The molecular formula is C18H20N2O3. The van der Waals surface area contributed by atoms with Gasteiger partial charge in [-0.3, -0.25) is 10.2 Å². The zero-order valence-electron chi connectivity index (χ0n) is 13.0. The standard InChI is InChI=1S/C18H20N2O3/c1-14(12-15-6-4-3-5-7-15)19-20-18(21)13-23-17-10-8-16(22-2)9-11-17/h3-11,19H,1,12-13H2,2H3,(H,20,21). The zero-order chi connectivity index (χ0) is 16.5. The van der Waals surface area contributed by atoms with Crippen LogP contribution in [-0.2, 0) is 11.2 Å². The van der Waals surface area contributed by atoms with Gasteiger partial charge in [-0.25, -0.2) is 0 Å². The molecule has 0 heterocycles. The van der Waals surface area contributed by atoms with Crippen LogP contribution in [0.25, 0.3) is 0 Å². The Morgan fingerprint density at radius 1 is 1.00 bits per heavy atom. The van der Waals surface area contributed by atoms with E-state index < -0.39 is 0 Å². The molecule has 5 heteroatoms. The highest BCUT2D eigenvalue weighted by molar-refractivity contribution is 5.77. The SMILES string of the molecule is C=C(Cc1ccccc1)NNC(=O)COc1ccc(OC)cc1. The van der Waals surface area contributed by atoms with Gasteiger partial charge in [-0.05, 0) is 29.8 Å². The molecule has 1 amide bonds. The van der Waals surface area contributed by atoms with E-state index in [2.05, 4.69) is 17.4 Å². The molecule has 0 unspecified atom stereocenters. The lowest BCUT2D eigenvalue weighted by Crippen LogP contribution is -2.39. The first-order valence-electron chi connectivity index (χ1n) is 7.21. The summed E-state index contributed by atoms with van der Waals surface area (Å²) in [6.45, 7) is 3.79. The van der Waals surface area contributed by atoms with Crippen molar-refractivity contribution < 1.29 is 14.3 Å². The summed E-state index contributed by atoms with van der Waals surface area (Å²) in [4.78, 5) is 11.7. The van der Waals surface area contributed by atoms with Crippen LogP contribution in [0.4, 0.5) is 0 Å². The van der Waals surface area contributed by atoms with Crippen molar-refractivity contribution in [3.8, 4) is 11.5 Å². The lowest BCUT2D eigenvalue weighted by atomic mass is 10.1. The Morgan fingerprint density at radius 2 is 1.65 bits per heavy atom. The molecule has 0 fully saturated rings. The van der Waals surface area contributed by atoms with Crippen LogP contribution in [0.1, 0.15) is 5.56 Å². The van der Waals surface area contributed by atoms with Crippen molar-refractivity contribution in [2.45, 2.75) is 6.42 Å². The maximum absolute atomic E-state index is 11.7. The zero-order valence-corrected chi connectivity index (χ0v) is 13.0. The van der Waals surface area contributed by atoms with Gasteiger partial charge in [0.1, 0.15) is 11.5 Å². The Labute approximate surface area is 135 Å². The van der Waals surface area contributed by atoms with E-state index in [9.17, 15) is 4.79 Å². The third-order valence-corrected chi connectivity index (χ3v) is 3.07. The molecule has 2 N–H and O–H groups in total. The highest BCUT2D eigenvalue weighted by Gasteiger charge is 2.03. The number of carbonyl (C=O) groups is 1. The number of nitrogens with one attached hydrogen (secondary N) is 2. The van der Waals surface area contributed by atoms with E-state index in [1.54, 1.807) is 31.4 Å². The number of methoxy groups -OCH3 is 1. The van der Waals surface area contributed by atoms with Gasteiger partial charge in [0.25, 0.3) is 5.91 Å². The average molecular weight is 312 g/mol. The molecule has 0 radical (unpaired) electrons. The molecule has 23 heavy (non-hydrogen) atoms. The monoisotopic (exact) mass is 312 g/mol. The van der Waals surface area contributed by atoms with E-state index in [4.69, 9.17) is 9.47 Å². The van der Waals surface area contributed by atoms with Crippen molar-refractivity contribution in [2.24, 2.45) is 0 Å². The minimum Gasteiger partial charge on any atom is -0.497 e. The lowest BCUT2D eigenvalue weighted by molar-refractivity contribution is -0.123. The number of benzene rings is 2. The molecule has 120 valence electrons. The maximum atomic E-state index is 11.7. The molecule has 2 aromatic rings. The van der Waals surface area contributed by atoms with Crippen LogP contribution in [0.3, 0.4) is 0 Å². The Hall–Kier alpha value is -2.95. The van der Waals surface area contributed by atoms with E-state index in [0.717, 1.165) is 11.3 Å². The first-order valence-corrected chi connectivity index (χ1v) is 7.21. The van der Waals surface area contributed by atoms with Crippen molar-refractivity contribution in [3.63, 3.8) is 0 Å².